The quantitative estimate of drug-likeness (QED) is 0.430. The molecule has 0 fully saturated rings. The number of para-hydroxylation sites is 1. The van der Waals surface area contributed by atoms with E-state index in [9.17, 15) is 26.3 Å². The van der Waals surface area contributed by atoms with E-state index in [1.165, 1.54) is 0 Å². The van der Waals surface area contributed by atoms with Crippen LogP contribution >= 0.6 is 0 Å². The molecule has 3 aromatic rings. The molecule has 0 bridgehead atoms. The fourth-order valence-corrected chi connectivity index (χ4v) is 3.60. The van der Waals surface area contributed by atoms with Crippen molar-refractivity contribution in [1.29, 1.82) is 0 Å². The molecule has 8 heteroatoms. The Morgan fingerprint density at radius 3 is 2.03 bits per heavy atom. The van der Waals surface area contributed by atoms with Crippen LogP contribution < -0.4 is 0 Å². The maximum atomic E-state index is 13.3. The van der Waals surface area contributed by atoms with Crippen molar-refractivity contribution in [3.8, 4) is 11.3 Å². The maximum Gasteiger partial charge on any atom is 0.416 e. The lowest BCUT2D eigenvalue weighted by Gasteiger charge is -2.17. The normalized spacial score (nSPS) is 12.8. The van der Waals surface area contributed by atoms with Crippen LogP contribution in [0.3, 0.4) is 0 Å². The van der Waals surface area contributed by atoms with Crippen molar-refractivity contribution in [2.24, 2.45) is 0 Å². The monoisotopic (exact) mass is 428 g/mol. The molecule has 0 spiro atoms. The van der Waals surface area contributed by atoms with Crippen LogP contribution in [0.2, 0.25) is 0 Å². The van der Waals surface area contributed by atoms with Crippen LogP contribution in [0.5, 0.6) is 0 Å². The maximum absolute atomic E-state index is 13.3. The van der Waals surface area contributed by atoms with Crippen LogP contribution in [0.1, 0.15) is 30.0 Å². The molecule has 0 radical (unpaired) electrons. The van der Waals surface area contributed by atoms with E-state index in [0.29, 0.717) is 24.0 Å². The van der Waals surface area contributed by atoms with Gasteiger partial charge in [-0.2, -0.15) is 26.3 Å². The SMILES string of the molecule is CCCN(C)CCc1c(-c2cc(C(F)(F)F)cc(C(F)(F)F)c2)[nH]c2ccccc12. The number of H-pyrrole nitrogens is 1. The number of fused-ring (bicyclic) bond motifs is 1. The molecule has 0 aliphatic carbocycles. The summed E-state index contributed by atoms with van der Waals surface area (Å²) in [4.78, 5) is 5.12. The molecule has 0 saturated carbocycles. The Morgan fingerprint density at radius 2 is 1.47 bits per heavy atom. The standard InChI is InChI=1S/C22H22F6N2/c1-3-9-30(2)10-8-18-17-6-4-5-7-19(17)29-20(18)14-11-15(21(23,24)25)13-16(12-14)22(26,27)28/h4-7,11-13,29H,3,8-10H2,1-2H3. The summed E-state index contributed by atoms with van der Waals surface area (Å²) in [6.07, 6.45) is -8.33. The highest BCUT2D eigenvalue weighted by molar-refractivity contribution is 5.91. The van der Waals surface area contributed by atoms with Crippen LogP contribution in [0.15, 0.2) is 42.5 Å². The third-order valence-electron chi connectivity index (χ3n) is 5.04. The molecule has 0 aliphatic rings. The van der Waals surface area contributed by atoms with Gasteiger partial charge in [-0.15, -0.1) is 0 Å². The van der Waals surface area contributed by atoms with Gasteiger partial charge in [-0.3, -0.25) is 0 Å². The lowest BCUT2D eigenvalue weighted by Crippen LogP contribution is -2.22. The summed E-state index contributed by atoms with van der Waals surface area (Å²) in [6, 6.07) is 8.85. The van der Waals surface area contributed by atoms with Crippen molar-refractivity contribution in [3.63, 3.8) is 0 Å². The third kappa shape index (κ3) is 4.80. The summed E-state index contributed by atoms with van der Waals surface area (Å²) < 4.78 is 79.9. The molecule has 3 rings (SSSR count). The molecule has 1 heterocycles. The Balaban J connectivity index is 2.17. The van der Waals surface area contributed by atoms with Gasteiger partial charge in [0, 0.05) is 23.1 Å². The average Bonchev–Trinajstić information content (AvgIpc) is 3.03. The molecule has 1 aromatic heterocycles. The first-order chi connectivity index (χ1) is 14.0. The fraction of sp³-hybridized carbons (Fsp3) is 0.364. The van der Waals surface area contributed by atoms with Gasteiger partial charge >= 0.3 is 12.4 Å². The molecule has 1 N–H and O–H groups in total. The molecular formula is C22H22F6N2. The number of aromatic amines is 1. The number of benzene rings is 2. The van der Waals surface area contributed by atoms with E-state index in [2.05, 4.69) is 9.88 Å². The predicted octanol–water partition coefficient (Wildman–Crippen LogP) is 6.76. The number of nitrogens with one attached hydrogen (secondary N) is 1. The second kappa shape index (κ2) is 8.34. The van der Waals surface area contributed by atoms with Gasteiger partial charge in [0.25, 0.3) is 0 Å². The van der Waals surface area contributed by atoms with Crippen molar-refractivity contribution in [1.82, 2.24) is 9.88 Å². The van der Waals surface area contributed by atoms with Crippen LogP contribution in [0.4, 0.5) is 26.3 Å². The van der Waals surface area contributed by atoms with Crippen LogP contribution in [-0.4, -0.2) is 30.0 Å². The highest BCUT2D eigenvalue weighted by Crippen LogP contribution is 2.40. The van der Waals surface area contributed by atoms with Crippen molar-refractivity contribution in [2.75, 3.05) is 20.1 Å². The highest BCUT2D eigenvalue weighted by Gasteiger charge is 2.37. The van der Waals surface area contributed by atoms with E-state index in [1.807, 2.05) is 20.0 Å². The Bertz CT molecular complexity index is 984. The van der Waals surface area contributed by atoms with E-state index in [4.69, 9.17) is 0 Å². The van der Waals surface area contributed by atoms with Crippen molar-refractivity contribution >= 4 is 10.9 Å². The molecule has 0 saturated heterocycles. The number of hydrogen-bond donors (Lipinski definition) is 1. The zero-order valence-corrected chi connectivity index (χ0v) is 16.6. The van der Waals surface area contributed by atoms with Crippen molar-refractivity contribution in [2.45, 2.75) is 32.1 Å². The van der Waals surface area contributed by atoms with Gasteiger partial charge in [0.1, 0.15) is 0 Å². The summed E-state index contributed by atoms with van der Waals surface area (Å²) in [5, 5.41) is 0.795. The molecule has 0 amide bonds. The van der Waals surface area contributed by atoms with Gasteiger partial charge in [-0.25, -0.2) is 0 Å². The lowest BCUT2D eigenvalue weighted by molar-refractivity contribution is -0.143. The Kier molecular flexibility index (Phi) is 6.17. The summed E-state index contributed by atoms with van der Waals surface area (Å²) in [6.45, 7) is 3.52. The highest BCUT2D eigenvalue weighted by atomic mass is 19.4. The minimum Gasteiger partial charge on any atom is -0.354 e. The minimum atomic E-state index is -4.89. The molecule has 0 atom stereocenters. The van der Waals surface area contributed by atoms with E-state index in [-0.39, 0.29) is 17.3 Å². The minimum absolute atomic E-state index is 0.124. The number of nitrogens with zero attached hydrogens (tertiary/aromatic N) is 1. The zero-order chi connectivity index (χ0) is 22.1. The molecule has 2 aromatic carbocycles. The number of hydrogen-bond acceptors (Lipinski definition) is 1. The van der Waals surface area contributed by atoms with E-state index in [0.717, 1.165) is 30.5 Å². The first kappa shape index (κ1) is 22.2. The second-order valence-electron chi connectivity index (χ2n) is 7.37. The van der Waals surface area contributed by atoms with Gasteiger partial charge in [-0.05, 0) is 61.8 Å². The van der Waals surface area contributed by atoms with Gasteiger partial charge in [0.2, 0.25) is 0 Å². The first-order valence-electron chi connectivity index (χ1n) is 9.58. The third-order valence-corrected chi connectivity index (χ3v) is 5.04. The Morgan fingerprint density at radius 1 is 0.867 bits per heavy atom. The van der Waals surface area contributed by atoms with Gasteiger partial charge in [0.05, 0.1) is 11.1 Å². The van der Waals surface area contributed by atoms with E-state index < -0.39 is 23.5 Å². The summed E-state index contributed by atoms with van der Waals surface area (Å²) >= 11 is 0. The van der Waals surface area contributed by atoms with Crippen LogP contribution in [0, 0.1) is 0 Å². The molecule has 162 valence electrons. The smallest absolute Gasteiger partial charge is 0.354 e. The molecule has 2 nitrogen and oxygen atoms in total. The molecular weight excluding hydrogens is 406 g/mol. The first-order valence-corrected chi connectivity index (χ1v) is 9.58. The summed E-state index contributed by atoms with van der Waals surface area (Å²) in [5.74, 6) is 0. The van der Waals surface area contributed by atoms with Gasteiger partial charge in [0.15, 0.2) is 0 Å². The number of likely N-dealkylation sites (N-methyl/N-ethyl adjacent to an activating group) is 1. The van der Waals surface area contributed by atoms with Gasteiger partial charge in [-0.1, -0.05) is 25.1 Å². The number of aromatic nitrogens is 1. The van der Waals surface area contributed by atoms with E-state index in [1.54, 1.807) is 18.2 Å². The number of halogens is 6. The second-order valence-corrected chi connectivity index (χ2v) is 7.37. The molecule has 0 aliphatic heterocycles. The zero-order valence-electron chi connectivity index (χ0n) is 16.6. The Labute approximate surface area is 170 Å². The van der Waals surface area contributed by atoms with E-state index >= 15 is 0 Å². The Hall–Kier alpha value is -2.48. The molecule has 30 heavy (non-hydrogen) atoms. The van der Waals surface area contributed by atoms with Crippen LogP contribution in [-0.2, 0) is 18.8 Å². The average molecular weight is 428 g/mol. The van der Waals surface area contributed by atoms with Crippen LogP contribution in [0.25, 0.3) is 22.2 Å². The molecule has 0 unspecified atom stereocenters. The lowest BCUT2D eigenvalue weighted by atomic mass is 9.98. The predicted molar refractivity (Wildman–Crippen MR) is 105 cm³/mol. The largest absolute Gasteiger partial charge is 0.416 e. The number of alkyl halides is 6. The number of rotatable bonds is 6. The topological polar surface area (TPSA) is 19.0 Å². The summed E-state index contributed by atoms with van der Waals surface area (Å²) in [5.41, 5.74) is -1.09. The fourth-order valence-electron chi connectivity index (χ4n) is 3.60. The van der Waals surface area contributed by atoms with Crippen molar-refractivity contribution in [3.05, 3.63) is 59.2 Å². The van der Waals surface area contributed by atoms with Gasteiger partial charge < -0.3 is 9.88 Å². The summed E-state index contributed by atoms with van der Waals surface area (Å²) in [7, 11) is 1.93. The van der Waals surface area contributed by atoms with Crippen molar-refractivity contribution < 1.29 is 26.3 Å².